The van der Waals surface area contributed by atoms with E-state index >= 15 is 0 Å². The zero-order valence-corrected chi connectivity index (χ0v) is 18.1. The monoisotopic (exact) mass is 472 g/mol. The van der Waals surface area contributed by atoms with E-state index in [1.807, 2.05) is 0 Å². The van der Waals surface area contributed by atoms with E-state index in [1.165, 1.54) is 32.2 Å². The molecule has 1 fully saturated rings. The van der Waals surface area contributed by atoms with E-state index in [4.69, 9.17) is 9.47 Å². The number of hydrogen-bond acceptors (Lipinski definition) is 5. The molecule has 2 aromatic rings. The van der Waals surface area contributed by atoms with Crippen LogP contribution >= 0.6 is 0 Å². The third-order valence-corrected chi connectivity index (χ3v) is 5.96. The van der Waals surface area contributed by atoms with Crippen molar-refractivity contribution in [3.63, 3.8) is 0 Å². The Morgan fingerprint density at radius 1 is 1.21 bits per heavy atom. The number of aromatic nitrogens is 1. The lowest BCUT2D eigenvalue weighted by molar-refractivity contribution is -0.272. The van der Waals surface area contributed by atoms with Crippen molar-refractivity contribution in [2.24, 2.45) is 5.92 Å². The van der Waals surface area contributed by atoms with Crippen LogP contribution in [0.15, 0.2) is 30.5 Å². The van der Waals surface area contributed by atoms with Gasteiger partial charge in [0, 0.05) is 36.2 Å². The summed E-state index contributed by atoms with van der Waals surface area (Å²) in [6, 6.07) is 4.43. The number of anilines is 1. The summed E-state index contributed by atoms with van der Waals surface area (Å²) in [6.07, 6.45) is -5.36. The van der Waals surface area contributed by atoms with Gasteiger partial charge in [-0.3, -0.25) is 14.6 Å². The molecule has 4 atom stereocenters. The molecule has 1 aliphatic heterocycles. The van der Waals surface area contributed by atoms with Crippen molar-refractivity contribution in [1.82, 2.24) is 4.98 Å². The maximum absolute atomic E-state index is 14.4. The smallest absolute Gasteiger partial charge is 0.417 e. The van der Waals surface area contributed by atoms with Gasteiger partial charge < -0.3 is 14.8 Å². The number of nitrogens with one attached hydrogen (secondary N) is 1. The van der Waals surface area contributed by atoms with Gasteiger partial charge in [0.2, 0.25) is 5.82 Å². The molecule has 6 nitrogen and oxygen atoms in total. The molecule has 1 amide bonds. The van der Waals surface area contributed by atoms with E-state index in [1.54, 1.807) is 0 Å². The number of ketones is 1. The zero-order valence-electron chi connectivity index (χ0n) is 18.1. The summed E-state index contributed by atoms with van der Waals surface area (Å²) >= 11 is 0. The summed E-state index contributed by atoms with van der Waals surface area (Å²) in [6.45, 7) is 3.27. The molecule has 0 unspecified atom stereocenters. The molecule has 0 spiro atoms. The number of Topliss-reactive ketones (excluding diaryl/α,β-unsaturated/α-hetero) is 1. The highest BCUT2D eigenvalue weighted by molar-refractivity contribution is 5.97. The van der Waals surface area contributed by atoms with Gasteiger partial charge in [-0.1, -0.05) is 13.0 Å². The number of alkyl halides is 3. The van der Waals surface area contributed by atoms with Gasteiger partial charge in [-0.05, 0) is 25.1 Å². The van der Waals surface area contributed by atoms with Crippen LogP contribution < -0.4 is 10.1 Å². The molecule has 1 aromatic carbocycles. The number of nitrogens with zero attached hydrogens (tertiary/aromatic N) is 1. The van der Waals surface area contributed by atoms with Crippen molar-refractivity contribution in [2.75, 3.05) is 12.4 Å². The van der Waals surface area contributed by atoms with Crippen molar-refractivity contribution in [2.45, 2.75) is 44.6 Å². The van der Waals surface area contributed by atoms with Crippen LogP contribution in [0, 0.1) is 17.6 Å². The number of carbonyl (C=O) groups excluding carboxylic acids is 2. The molecule has 1 aliphatic rings. The van der Waals surface area contributed by atoms with E-state index in [2.05, 4.69) is 10.3 Å². The SMILES string of the molecule is COc1c([C@@H]2[C@H](C(=O)Nc3ccnc(C(C)=O)c3)O[C@](C)(C(F)(F)F)[C@H]2C)ccc(F)c1F. The van der Waals surface area contributed by atoms with Crippen molar-refractivity contribution in [3.8, 4) is 5.75 Å². The fourth-order valence-electron chi connectivity index (χ4n) is 3.95. The van der Waals surface area contributed by atoms with Crippen LogP contribution in [0.4, 0.5) is 27.6 Å². The Kier molecular flexibility index (Phi) is 6.47. The summed E-state index contributed by atoms with van der Waals surface area (Å²) < 4.78 is 80.2. The molecule has 0 saturated carbocycles. The molecule has 2 heterocycles. The average molecular weight is 472 g/mol. The minimum Gasteiger partial charge on any atom is -0.493 e. The van der Waals surface area contributed by atoms with E-state index < -0.39 is 53.0 Å². The number of benzene rings is 1. The minimum absolute atomic E-state index is 0.0347. The molecule has 11 heteroatoms. The predicted octanol–water partition coefficient (Wildman–Crippen LogP) is 4.65. The number of carbonyl (C=O) groups is 2. The van der Waals surface area contributed by atoms with Crippen molar-refractivity contribution < 1.29 is 41.0 Å². The number of halogens is 5. The highest BCUT2D eigenvalue weighted by Crippen LogP contribution is 2.55. The first-order valence-electron chi connectivity index (χ1n) is 9.86. The first kappa shape index (κ1) is 24.6. The fourth-order valence-corrected chi connectivity index (χ4v) is 3.95. The Bertz CT molecular complexity index is 1090. The van der Waals surface area contributed by atoms with Crippen molar-refractivity contribution in [1.29, 1.82) is 0 Å². The number of ether oxygens (including phenoxy) is 2. The van der Waals surface area contributed by atoms with Crippen LogP contribution in [-0.2, 0) is 9.53 Å². The molecule has 0 radical (unpaired) electrons. The van der Waals surface area contributed by atoms with E-state index in [0.717, 1.165) is 26.2 Å². The first-order valence-corrected chi connectivity index (χ1v) is 9.86. The molecule has 0 aliphatic carbocycles. The fraction of sp³-hybridized carbons (Fsp3) is 0.409. The summed E-state index contributed by atoms with van der Waals surface area (Å²) in [5, 5.41) is 2.42. The number of pyridine rings is 1. The van der Waals surface area contributed by atoms with Crippen LogP contribution in [0.25, 0.3) is 0 Å². The molecule has 178 valence electrons. The number of methoxy groups -OCH3 is 1. The van der Waals surface area contributed by atoms with E-state index in [-0.39, 0.29) is 22.7 Å². The standard InChI is InChI=1S/C22H21F5N2O4/c1-10-16(13-5-6-14(23)17(24)18(13)32-4)19(33-21(10,3)22(25,26)27)20(31)29-12-7-8-28-15(9-12)11(2)30/h5-10,16,19H,1-4H3,(H,28,29,31)/t10-,16+,19+,21-/m0/s1. The lowest BCUT2D eigenvalue weighted by atomic mass is 9.77. The van der Waals surface area contributed by atoms with Crippen molar-refractivity contribution >= 4 is 17.4 Å². The second kappa shape index (κ2) is 8.69. The number of amides is 1. The Balaban J connectivity index is 2.07. The van der Waals surface area contributed by atoms with Crippen LogP contribution in [-0.4, -0.2) is 41.7 Å². The molecular formula is C22H21F5N2O4. The highest BCUT2D eigenvalue weighted by Gasteiger charge is 2.65. The average Bonchev–Trinajstić information content (AvgIpc) is 3.02. The van der Waals surface area contributed by atoms with Gasteiger partial charge in [0.05, 0.1) is 7.11 Å². The quantitative estimate of drug-likeness (QED) is 0.507. The lowest BCUT2D eigenvalue weighted by Crippen LogP contribution is -2.47. The summed E-state index contributed by atoms with van der Waals surface area (Å²) in [5.41, 5.74) is -2.77. The van der Waals surface area contributed by atoms with Crippen LogP contribution in [0.3, 0.4) is 0 Å². The third kappa shape index (κ3) is 4.29. The highest BCUT2D eigenvalue weighted by atomic mass is 19.4. The molecular weight excluding hydrogens is 451 g/mol. The molecule has 3 rings (SSSR count). The third-order valence-electron chi connectivity index (χ3n) is 5.96. The summed E-state index contributed by atoms with van der Waals surface area (Å²) in [7, 11) is 1.04. The Morgan fingerprint density at radius 3 is 2.45 bits per heavy atom. The number of rotatable bonds is 5. The van der Waals surface area contributed by atoms with Gasteiger partial charge in [0.1, 0.15) is 11.8 Å². The lowest BCUT2D eigenvalue weighted by Gasteiger charge is -2.32. The van der Waals surface area contributed by atoms with Crippen LogP contribution in [0.1, 0.15) is 42.7 Å². The van der Waals surface area contributed by atoms with Gasteiger partial charge in [0.25, 0.3) is 5.91 Å². The maximum atomic E-state index is 14.4. The largest absolute Gasteiger partial charge is 0.493 e. The second-order valence-corrected chi connectivity index (χ2v) is 7.92. The van der Waals surface area contributed by atoms with Crippen LogP contribution in [0.5, 0.6) is 5.75 Å². The Labute approximate surface area is 186 Å². The molecule has 1 saturated heterocycles. The van der Waals surface area contributed by atoms with Gasteiger partial charge >= 0.3 is 6.18 Å². The van der Waals surface area contributed by atoms with Crippen LogP contribution in [0.2, 0.25) is 0 Å². The van der Waals surface area contributed by atoms with Gasteiger partial charge in [-0.25, -0.2) is 4.39 Å². The van der Waals surface area contributed by atoms with Gasteiger partial charge in [0.15, 0.2) is 23.0 Å². The normalized spacial score (nSPS) is 25.1. The molecule has 1 aromatic heterocycles. The van der Waals surface area contributed by atoms with Gasteiger partial charge in [-0.15, -0.1) is 0 Å². The Morgan fingerprint density at radius 2 is 1.88 bits per heavy atom. The molecule has 1 N–H and O–H groups in total. The first-order chi connectivity index (χ1) is 15.3. The van der Waals surface area contributed by atoms with Crippen molar-refractivity contribution in [3.05, 3.63) is 53.4 Å². The summed E-state index contributed by atoms with van der Waals surface area (Å²) in [4.78, 5) is 28.5. The maximum Gasteiger partial charge on any atom is 0.417 e. The molecule has 33 heavy (non-hydrogen) atoms. The predicted molar refractivity (Wildman–Crippen MR) is 107 cm³/mol. The number of hydrogen-bond donors (Lipinski definition) is 1. The van der Waals surface area contributed by atoms with Gasteiger partial charge in [-0.2, -0.15) is 17.6 Å². The molecule has 0 bridgehead atoms. The topological polar surface area (TPSA) is 77.5 Å². The minimum atomic E-state index is -4.87. The Hall–Kier alpha value is -3.08. The summed E-state index contributed by atoms with van der Waals surface area (Å²) in [5.74, 6) is -7.31. The zero-order chi connectivity index (χ0) is 24.7. The van der Waals surface area contributed by atoms with E-state index in [9.17, 15) is 31.5 Å². The van der Waals surface area contributed by atoms with E-state index in [0.29, 0.717) is 0 Å². The second-order valence-electron chi connectivity index (χ2n) is 7.92.